The minimum Gasteiger partial charge on any atom is -0.450 e. The fourth-order valence-electron chi connectivity index (χ4n) is 6.11. The highest BCUT2D eigenvalue weighted by atomic mass is 19.1. The predicted molar refractivity (Wildman–Crippen MR) is 153 cm³/mol. The number of hydrogen-bond acceptors (Lipinski definition) is 3. The molecule has 214 valence electrons. The monoisotopic (exact) mass is 558 g/mol. The molecule has 0 spiro atoms. The summed E-state index contributed by atoms with van der Waals surface area (Å²) in [5.74, 6) is 0.537. The van der Waals surface area contributed by atoms with Crippen molar-refractivity contribution in [1.82, 2.24) is 4.90 Å². The predicted octanol–water partition coefficient (Wildman–Crippen LogP) is 7.07. The van der Waals surface area contributed by atoms with E-state index in [0.29, 0.717) is 23.6 Å². The normalized spacial score (nSPS) is 17.0. The second kappa shape index (κ2) is 12.5. The second-order valence-electron chi connectivity index (χ2n) is 11.3. The van der Waals surface area contributed by atoms with Gasteiger partial charge in [-0.25, -0.2) is 9.18 Å². The van der Waals surface area contributed by atoms with Gasteiger partial charge in [0, 0.05) is 23.4 Å². The number of carbonyl (C=O) groups is 3. The zero-order valence-corrected chi connectivity index (χ0v) is 22.9. The molecule has 0 saturated heterocycles. The Hall–Kier alpha value is -4.20. The molecule has 2 aliphatic carbocycles. The quantitative estimate of drug-likeness (QED) is 0.274. The Kier molecular flexibility index (Phi) is 8.67. The minimum atomic E-state index is -1.83. The number of benzene rings is 3. The number of fused-ring (bicyclic) bond motifs is 1. The zero-order valence-electron chi connectivity index (χ0n) is 22.9. The van der Waals surface area contributed by atoms with Crippen molar-refractivity contribution in [1.29, 1.82) is 0 Å². The third kappa shape index (κ3) is 7.12. The third-order valence-electron chi connectivity index (χ3n) is 8.27. The highest BCUT2D eigenvalue weighted by molar-refractivity contribution is 5.98. The van der Waals surface area contributed by atoms with E-state index in [0.717, 1.165) is 54.8 Å². The molecule has 2 fully saturated rings. The van der Waals surface area contributed by atoms with Gasteiger partial charge in [-0.05, 0) is 84.9 Å². The van der Waals surface area contributed by atoms with Gasteiger partial charge in [-0.15, -0.1) is 0 Å². The molecule has 6 rings (SSSR count). The fourth-order valence-corrected chi connectivity index (χ4v) is 6.11. The van der Waals surface area contributed by atoms with E-state index < -0.39 is 6.16 Å². The van der Waals surface area contributed by atoms with Crippen LogP contribution in [-0.4, -0.2) is 33.1 Å². The van der Waals surface area contributed by atoms with Crippen molar-refractivity contribution in [2.75, 3.05) is 5.32 Å². The van der Waals surface area contributed by atoms with Crippen molar-refractivity contribution in [3.05, 3.63) is 100 Å². The van der Waals surface area contributed by atoms with Crippen LogP contribution in [0.2, 0.25) is 0 Å². The number of nitrogens with one attached hydrogen (secondary N) is 1. The highest BCUT2D eigenvalue weighted by Crippen LogP contribution is 2.39. The molecular weight excluding hydrogens is 523 g/mol. The number of anilines is 1. The van der Waals surface area contributed by atoms with Gasteiger partial charge in [0.1, 0.15) is 5.82 Å². The number of halogens is 1. The molecule has 1 heterocycles. The fraction of sp³-hybridized carbons (Fsp3) is 0.364. The summed E-state index contributed by atoms with van der Waals surface area (Å²) in [5, 5.41) is 17.2. The van der Waals surface area contributed by atoms with Crippen LogP contribution in [0.4, 0.5) is 14.9 Å². The molecule has 1 aliphatic heterocycles. The summed E-state index contributed by atoms with van der Waals surface area (Å²) in [5.41, 5.74) is 5.09. The number of carbonyl (C=O) groups excluding carboxylic acids is 2. The van der Waals surface area contributed by atoms with E-state index in [1.807, 2.05) is 36.4 Å². The maximum absolute atomic E-state index is 14.2. The van der Waals surface area contributed by atoms with Gasteiger partial charge in [-0.2, -0.15) is 0 Å². The van der Waals surface area contributed by atoms with Crippen molar-refractivity contribution in [3.8, 4) is 0 Å². The van der Waals surface area contributed by atoms with E-state index in [4.69, 9.17) is 15.0 Å². The molecule has 8 heteroatoms. The van der Waals surface area contributed by atoms with E-state index in [9.17, 15) is 14.0 Å². The van der Waals surface area contributed by atoms with Crippen molar-refractivity contribution in [2.24, 2.45) is 11.8 Å². The van der Waals surface area contributed by atoms with Crippen LogP contribution in [0.25, 0.3) is 0 Å². The summed E-state index contributed by atoms with van der Waals surface area (Å²) in [6.07, 6.45) is 6.34. The van der Waals surface area contributed by atoms with Gasteiger partial charge in [0.2, 0.25) is 5.91 Å². The molecule has 3 aromatic carbocycles. The average Bonchev–Trinajstić information content (AvgIpc) is 3.47. The Morgan fingerprint density at radius 2 is 1.61 bits per heavy atom. The van der Waals surface area contributed by atoms with Crippen LogP contribution in [0.1, 0.15) is 77.1 Å². The van der Waals surface area contributed by atoms with Gasteiger partial charge in [0.15, 0.2) is 0 Å². The summed E-state index contributed by atoms with van der Waals surface area (Å²) in [6.45, 7) is 0.705. The summed E-state index contributed by atoms with van der Waals surface area (Å²) in [4.78, 5) is 36.6. The van der Waals surface area contributed by atoms with E-state index in [1.165, 1.54) is 24.5 Å². The molecule has 3 N–H and O–H groups in total. The van der Waals surface area contributed by atoms with Crippen molar-refractivity contribution in [3.63, 3.8) is 0 Å². The zero-order chi connectivity index (χ0) is 28.9. The number of carboxylic acid groups (broad SMARTS) is 2. The largest absolute Gasteiger partial charge is 0.503 e. The van der Waals surface area contributed by atoms with E-state index in [-0.39, 0.29) is 30.1 Å². The number of nitrogens with zero attached hydrogens (tertiary/aromatic N) is 1. The summed E-state index contributed by atoms with van der Waals surface area (Å²) < 4.78 is 14.2. The van der Waals surface area contributed by atoms with Crippen LogP contribution in [0.5, 0.6) is 0 Å². The van der Waals surface area contributed by atoms with E-state index >= 15 is 0 Å². The highest BCUT2D eigenvalue weighted by Gasteiger charge is 2.33. The maximum atomic E-state index is 14.2. The topological polar surface area (TPSA) is 107 Å². The Bertz CT molecular complexity index is 1410. The third-order valence-corrected chi connectivity index (χ3v) is 8.27. The Labute approximate surface area is 239 Å². The van der Waals surface area contributed by atoms with Crippen molar-refractivity contribution in [2.45, 2.75) is 64.0 Å². The standard InChI is InChI=1S/C32H33FN2O2.CH2O3/c33-29-10-4-9-27-28(29)20-35(32(27)37)19-22-13-15-25(16-14-22)30(24-6-1-2-7-24)31(36)34-26-8-3-5-23(18-26)17-21-11-12-21;2-1(3)4/h3-5,8-10,13-16,18,21,24,30H,1-2,6-7,11-12,17,19-20H2,(H,34,36);(H2,2,3,4). The molecule has 0 aromatic heterocycles. The molecular formula is C33H35FN2O5. The van der Waals surface area contributed by atoms with Gasteiger partial charge in [-0.3, -0.25) is 9.59 Å². The molecule has 2 amide bonds. The first-order valence-electron chi connectivity index (χ1n) is 14.3. The lowest BCUT2D eigenvalue weighted by Gasteiger charge is -2.24. The first-order valence-corrected chi connectivity index (χ1v) is 14.3. The van der Waals surface area contributed by atoms with E-state index in [1.54, 1.807) is 17.0 Å². The summed E-state index contributed by atoms with van der Waals surface area (Å²) >= 11 is 0. The van der Waals surface area contributed by atoms with Crippen molar-refractivity contribution >= 4 is 23.7 Å². The van der Waals surface area contributed by atoms with E-state index in [2.05, 4.69) is 17.4 Å². The molecule has 0 bridgehead atoms. The second-order valence-corrected chi connectivity index (χ2v) is 11.3. The Balaban J connectivity index is 0.000000794. The maximum Gasteiger partial charge on any atom is 0.503 e. The van der Waals surface area contributed by atoms with Crippen molar-refractivity contribution < 1.29 is 29.0 Å². The van der Waals surface area contributed by atoms with Gasteiger partial charge < -0.3 is 20.4 Å². The molecule has 1 atom stereocenters. The van der Waals surface area contributed by atoms with Crippen LogP contribution in [0, 0.1) is 17.7 Å². The minimum absolute atomic E-state index is 0.0591. The van der Waals surface area contributed by atoms with Crippen LogP contribution in [0.3, 0.4) is 0 Å². The Morgan fingerprint density at radius 3 is 2.27 bits per heavy atom. The van der Waals surface area contributed by atoms with Gasteiger partial charge in [0.05, 0.1) is 12.5 Å². The Morgan fingerprint density at radius 1 is 0.927 bits per heavy atom. The van der Waals surface area contributed by atoms with Gasteiger partial charge in [0.25, 0.3) is 5.91 Å². The van der Waals surface area contributed by atoms with Gasteiger partial charge >= 0.3 is 6.16 Å². The van der Waals surface area contributed by atoms with Gasteiger partial charge in [-0.1, -0.05) is 55.3 Å². The first-order chi connectivity index (χ1) is 19.8. The lowest BCUT2D eigenvalue weighted by Crippen LogP contribution is -2.27. The molecule has 2 saturated carbocycles. The van der Waals surface area contributed by atoms with Crippen LogP contribution < -0.4 is 5.32 Å². The SMILES string of the molecule is O=C(Nc1cccc(CC2CC2)c1)C(c1ccc(CN2Cc3c(F)cccc3C2=O)cc1)C1CCCC1.O=C(O)O. The molecule has 3 aromatic rings. The number of amides is 2. The lowest BCUT2D eigenvalue weighted by molar-refractivity contribution is -0.118. The smallest absolute Gasteiger partial charge is 0.450 e. The first kappa shape index (κ1) is 28.3. The average molecular weight is 559 g/mol. The van der Waals surface area contributed by atoms with Crippen LogP contribution in [-0.2, 0) is 24.3 Å². The molecule has 1 unspecified atom stereocenters. The molecule has 0 radical (unpaired) electrons. The van der Waals surface area contributed by atoms with Crippen LogP contribution in [0.15, 0.2) is 66.7 Å². The lowest BCUT2D eigenvalue weighted by atomic mass is 9.83. The number of rotatable bonds is 8. The van der Waals surface area contributed by atoms with Crippen LogP contribution >= 0.6 is 0 Å². The molecule has 41 heavy (non-hydrogen) atoms. The summed E-state index contributed by atoms with van der Waals surface area (Å²) in [7, 11) is 0. The molecule has 7 nitrogen and oxygen atoms in total. The summed E-state index contributed by atoms with van der Waals surface area (Å²) in [6, 6.07) is 21.1. The molecule has 3 aliphatic rings. The number of hydrogen-bond donors (Lipinski definition) is 3.